The molecule has 3 aromatic carbocycles. The fraction of sp³-hybridized carbons (Fsp3) is 0.160. The summed E-state index contributed by atoms with van der Waals surface area (Å²) in [7, 11) is -1.66. The second kappa shape index (κ2) is 11.8. The topological polar surface area (TPSA) is 136 Å². The zero-order valence-corrected chi connectivity index (χ0v) is 18.3. The van der Waals surface area contributed by atoms with Crippen molar-refractivity contribution in [2.24, 2.45) is 0 Å². The number of carboxylic acids is 1. The lowest BCUT2D eigenvalue weighted by atomic mass is 9.80. The summed E-state index contributed by atoms with van der Waals surface area (Å²) >= 11 is 0. The Morgan fingerprint density at radius 1 is 0.706 bits per heavy atom. The summed E-state index contributed by atoms with van der Waals surface area (Å²) in [6.45, 7) is 0. The van der Waals surface area contributed by atoms with E-state index < -0.39 is 37.0 Å². The molecule has 3 aromatic rings. The van der Waals surface area contributed by atoms with Gasteiger partial charge in [-0.1, -0.05) is 72.8 Å². The van der Waals surface area contributed by atoms with Crippen LogP contribution in [0.4, 0.5) is 0 Å². The molecule has 0 aliphatic heterocycles. The first-order valence-electron chi connectivity index (χ1n) is 10.7. The van der Waals surface area contributed by atoms with Crippen molar-refractivity contribution in [1.82, 2.24) is 10.6 Å². The van der Waals surface area contributed by atoms with Crippen molar-refractivity contribution >= 4 is 30.4 Å². The summed E-state index contributed by atoms with van der Waals surface area (Å²) in [4.78, 5) is 37.7. The van der Waals surface area contributed by atoms with Crippen molar-refractivity contribution in [2.45, 2.75) is 24.9 Å². The molecule has 0 aliphatic carbocycles. The summed E-state index contributed by atoms with van der Waals surface area (Å²) in [6, 6.07) is 21.4. The molecule has 0 unspecified atom stereocenters. The van der Waals surface area contributed by atoms with Crippen LogP contribution in [0.3, 0.4) is 0 Å². The number of rotatable bonds is 10. The van der Waals surface area contributed by atoms with Gasteiger partial charge in [0.1, 0.15) is 12.1 Å². The van der Waals surface area contributed by atoms with Crippen LogP contribution in [0, 0.1) is 0 Å². The predicted octanol–water partition coefficient (Wildman–Crippen LogP) is 0.520. The molecule has 0 saturated heterocycles. The van der Waals surface area contributed by atoms with Crippen LogP contribution < -0.4 is 16.1 Å². The number of hydrogen-bond donors (Lipinski definition) is 5. The van der Waals surface area contributed by atoms with Crippen molar-refractivity contribution < 1.29 is 29.5 Å². The van der Waals surface area contributed by atoms with Gasteiger partial charge in [-0.2, -0.15) is 0 Å². The maximum Gasteiger partial charge on any atom is 0.488 e. The molecule has 0 bridgehead atoms. The van der Waals surface area contributed by atoms with Crippen molar-refractivity contribution in [3.63, 3.8) is 0 Å². The van der Waals surface area contributed by atoms with Gasteiger partial charge >= 0.3 is 13.1 Å². The summed E-state index contributed by atoms with van der Waals surface area (Å²) < 4.78 is 0. The average molecular weight is 460 g/mol. The number of carboxylic acid groups (broad SMARTS) is 1. The van der Waals surface area contributed by atoms with Gasteiger partial charge in [0, 0.05) is 18.4 Å². The van der Waals surface area contributed by atoms with E-state index in [0.717, 1.165) is 11.1 Å². The highest BCUT2D eigenvalue weighted by molar-refractivity contribution is 6.58. The molecule has 0 spiro atoms. The van der Waals surface area contributed by atoms with Crippen molar-refractivity contribution in [3.05, 3.63) is 102 Å². The quantitative estimate of drug-likeness (QED) is 0.280. The van der Waals surface area contributed by atoms with Gasteiger partial charge < -0.3 is 25.8 Å². The maximum absolute atomic E-state index is 13.1. The normalized spacial score (nSPS) is 12.3. The van der Waals surface area contributed by atoms with Crippen molar-refractivity contribution in [1.29, 1.82) is 0 Å². The molecule has 8 nitrogen and oxygen atoms in total. The molecule has 0 fully saturated rings. The minimum atomic E-state index is -1.66. The Kier molecular flexibility index (Phi) is 8.56. The van der Waals surface area contributed by atoms with Crippen LogP contribution in [-0.2, 0) is 22.4 Å². The van der Waals surface area contributed by atoms with E-state index in [9.17, 15) is 29.5 Å². The van der Waals surface area contributed by atoms with Crippen LogP contribution in [0.1, 0.15) is 21.5 Å². The van der Waals surface area contributed by atoms with E-state index in [-0.39, 0.29) is 23.9 Å². The van der Waals surface area contributed by atoms with Gasteiger partial charge in [0.05, 0.1) is 0 Å². The summed E-state index contributed by atoms with van der Waals surface area (Å²) in [5.74, 6) is -2.35. The number of carbonyl (C=O) groups is 3. The van der Waals surface area contributed by atoms with Gasteiger partial charge in [0.15, 0.2) is 0 Å². The highest BCUT2D eigenvalue weighted by atomic mass is 16.4. The van der Waals surface area contributed by atoms with Crippen LogP contribution in [0.15, 0.2) is 84.9 Å². The number of amides is 2. The Balaban J connectivity index is 1.77. The van der Waals surface area contributed by atoms with Gasteiger partial charge in [-0.05, 0) is 28.7 Å². The number of carbonyl (C=O) groups excluding carboxylic acids is 2. The summed E-state index contributed by atoms with van der Waals surface area (Å²) in [5, 5.41) is 33.3. The SMILES string of the molecule is O=C(N[C@@H](Cc1ccccc1)C(=O)N[C@@H](Cc1ccccc1)C(=O)O)c1ccc(B(O)O)cc1. The molecule has 0 saturated carbocycles. The Morgan fingerprint density at radius 3 is 1.68 bits per heavy atom. The third-order valence-electron chi connectivity index (χ3n) is 5.27. The molecule has 2 atom stereocenters. The molecule has 34 heavy (non-hydrogen) atoms. The lowest BCUT2D eigenvalue weighted by Crippen LogP contribution is -2.53. The van der Waals surface area contributed by atoms with Gasteiger partial charge in [0.25, 0.3) is 5.91 Å². The van der Waals surface area contributed by atoms with E-state index in [4.69, 9.17) is 0 Å². The summed E-state index contributed by atoms with van der Waals surface area (Å²) in [5.41, 5.74) is 1.98. The third kappa shape index (κ3) is 7.03. The molecule has 0 aliphatic rings. The number of hydrogen-bond acceptors (Lipinski definition) is 5. The molecular formula is C25H25BN2O6. The zero-order valence-electron chi connectivity index (χ0n) is 18.3. The van der Waals surface area contributed by atoms with Gasteiger partial charge in [-0.3, -0.25) is 9.59 Å². The molecule has 0 aromatic heterocycles. The minimum absolute atomic E-state index is 0.0961. The lowest BCUT2D eigenvalue weighted by Gasteiger charge is -2.22. The Morgan fingerprint density at radius 2 is 1.21 bits per heavy atom. The smallest absolute Gasteiger partial charge is 0.480 e. The monoisotopic (exact) mass is 460 g/mol. The van der Waals surface area contributed by atoms with Crippen LogP contribution in [-0.4, -0.2) is 52.1 Å². The first kappa shape index (κ1) is 24.7. The first-order valence-corrected chi connectivity index (χ1v) is 10.7. The Hall–Kier alpha value is -3.95. The largest absolute Gasteiger partial charge is 0.488 e. The van der Waals surface area contributed by atoms with E-state index in [0.29, 0.717) is 0 Å². The molecule has 174 valence electrons. The number of nitrogens with one attached hydrogen (secondary N) is 2. The second-order valence-corrected chi connectivity index (χ2v) is 7.80. The standard InChI is InChI=1S/C25H25BN2O6/c29-23(19-11-13-20(14-12-19)26(33)34)27-21(15-17-7-3-1-4-8-17)24(30)28-22(25(31)32)16-18-9-5-2-6-10-18/h1-14,21-22,33-34H,15-16H2,(H,27,29)(H,28,30)(H,31,32)/t21-,22-/m0/s1. The molecule has 2 amide bonds. The van der Waals surface area contributed by atoms with Crippen LogP contribution >= 0.6 is 0 Å². The highest BCUT2D eigenvalue weighted by Crippen LogP contribution is 2.08. The average Bonchev–Trinajstić information content (AvgIpc) is 2.84. The van der Waals surface area contributed by atoms with E-state index in [2.05, 4.69) is 10.6 Å². The highest BCUT2D eigenvalue weighted by Gasteiger charge is 2.27. The fourth-order valence-corrected chi connectivity index (χ4v) is 3.43. The maximum atomic E-state index is 13.1. The lowest BCUT2D eigenvalue weighted by molar-refractivity contribution is -0.142. The van der Waals surface area contributed by atoms with E-state index in [1.807, 2.05) is 24.3 Å². The fourth-order valence-electron chi connectivity index (χ4n) is 3.43. The molecule has 3 rings (SSSR count). The minimum Gasteiger partial charge on any atom is -0.480 e. The van der Waals surface area contributed by atoms with Gasteiger partial charge in [-0.15, -0.1) is 0 Å². The van der Waals surface area contributed by atoms with Crippen molar-refractivity contribution in [2.75, 3.05) is 0 Å². The van der Waals surface area contributed by atoms with E-state index in [1.54, 1.807) is 36.4 Å². The second-order valence-electron chi connectivity index (χ2n) is 7.80. The zero-order chi connectivity index (χ0) is 24.5. The summed E-state index contributed by atoms with van der Waals surface area (Å²) in [6.07, 6.45) is 0.252. The molecular weight excluding hydrogens is 435 g/mol. The molecule has 0 heterocycles. The van der Waals surface area contributed by atoms with Crippen LogP contribution in [0.25, 0.3) is 0 Å². The van der Waals surface area contributed by atoms with Crippen molar-refractivity contribution in [3.8, 4) is 0 Å². The number of benzene rings is 3. The van der Waals surface area contributed by atoms with E-state index in [1.165, 1.54) is 24.3 Å². The Labute approximate surface area is 197 Å². The molecule has 0 radical (unpaired) electrons. The third-order valence-corrected chi connectivity index (χ3v) is 5.27. The van der Waals surface area contributed by atoms with Gasteiger partial charge in [-0.25, -0.2) is 4.79 Å². The number of aliphatic carboxylic acids is 1. The molecule has 9 heteroatoms. The van der Waals surface area contributed by atoms with Gasteiger partial charge in [0.2, 0.25) is 5.91 Å². The van der Waals surface area contributed by atoms with Crippen LogP contribution in [0.5, 0.6) is 0 Å². The first-order chi connectivity index (χ1) is 16.3. The predicted molar refractivity (Wildman–Crippen MR) is 127 cm³/mol. The molecule has 5 N–H and O–H groups in total. The Bertz CT molecular complexity index is 1110. The van der Waals surface area contributed by atoms with Crippen LogP contribution in [0.2, 0.25) is 0 Å². The van der Waals surface area contributed by atoms with E-state index >= 15 is 0 Å².